The molecule has 0 spiro atoms. The van der Waals surface area contributed by atoms with Gasteiger partial charge in [-0.05, 0) is 0 Å². The van der Waals surface area contributed by atoms with Crippen LogP contribution >= 0.6 is 0 Å². The van der Waals surface area contributed by atoms with Gasteiger partial charge >= 0.3 is 0 Å². The van der Waals surface area contributed by atoms with Crippen molar-refractivity contribution in [2.45, 2.75) is 31.6 Å². The van der Waals surface area contributed by atoms with E-state index < -0.39 is 0 Å². The molecule has 0 amide bonds. The van der Waals surface area contributed by atoms with Crippen molar-refractivity contribution in [3.8, 4) is 0 Å². The molecule has 0 atom stereocenters. The summed E-state index contributed by atoms with van der Waals surface area (Å²) in [5.41, 5.74) is 1.49. The van der Waals surface area contributed by atoms with Gasteiger partial charge in [0.15, 0.2) is 0 Å². The van der Waals surface area contributed by atoms with Crippen LogP contribution in [-0.4, -0.2) is 19.0 Å². The summed E-state index contributed by atoms with van der Waals surface area (Å²) in [4.78, 5) is 0. The molecule has 4 radical (unpaired) electrons. The molecule has 0 aliphatic rings. The third-order valence-electron chi connectivity index (χ3n) is 0.750. The van der Waals surface area contributed by atoms with Gasteiger partial charge in [-0.1, -0.05) is 31.6 Å². The maximum atomic E-state index is 2.26. The Bertz CT molecular complexity index is 25.3. The maximum Gasteiger partial charge on any atom is 0.0340 e. The first-order valence-electron chi connectivity index (χ1n) is 2.83. The van der Waals surface area contributed by atoms with Crippen molar-refractivity contribution in [1.29, 1.82) is 0 Å². The zero-order valence-corrected chi connectivity index (χ0v) is 7.12. The van der Waals surface area contributed by atoms with Crippen molar-refractivity contribution < 1.29 is 0 Å². The Balaban J connectivity index is 2.45. The van der Waals surface area contributed by atoms with Crippen LogP contribution in [0.3, 0.4) is 0 Å². The number of hydrogen-bond donors (Lipinski definition) is 0. The lowest BCUT2D eigenvalue weighted by molar-refractivity contribution is 1.41. The average Bonchev–Trinajstić information content (AvgIpc) is 1.69. The topological polar surface area (TPSA) is 0 Å². The highest BCUT2D eigenvalue weighted by atomic mass is 28.3. The van der Waals surface area contributed by atoms with Crippen molar-refractivity contribution in [2.75, 3.05) is 0 Å². The molecular weight excluding hydrogens is 116 g/mol. The molecule has 0 heterocycles. The lowest BCUT2D eigenvalue weighted by Crippen LogP contribution is -1.92. The Morgan fingerprint density at radius 1 is 1.00 bits per heavy atom. The molecule has 0 saturated carbocycles. The van der Waals surface area contributed by atoms with Crippen molar-refractivity contribution >= 4 is 19.0 Å². The average molecular weight is 128 g/mol. The molecule has 0 rings (SSSR count). The first kappa shape index (κ1) is 7.43. The molecule has 2 heteroatoms. The van der Waals surface area contributed by atoms with Crippen LogP contribution in [0.1, 0.15) is 13.8 Å². The van der Waals surface area contributed by atoms with Gasteiger partial charge in [0, 0.05) is 19.0 Å². The minimum absolute atomic E-state index is 1.23. The lowest BCUT2D eigenvalue weighted by Gasteiger charge is -1.87. The fraction of sp³-hybridized carbons (Fsp3) is 1.00. The van der Waals surface area contributed by atoms with Crippen molar-refractivity contribution in [3.63, 3.8) is 0 Å². The lowest BCUT2D eigenvalue weighted by atomic mass is 11.0. The van der Waals surface area contributed by atoms with Crippen LogP contribution in [0.5, 0.6) is 0 Å². The second-order valence-electron chi connectivity index (χ2n) is 1.38. The largest absolute Gasteiger partial charge is 0.0691 e. The minimum atomic E-state index is 1.23. The summed E-state index contributed by atoms with van der Waals surface area (Å²) in [6.07, 6.45) is 0. The van der Waals surface area contributed by atoms with E-state index in [1.807, 2.05) is 0 Å². The first-order valence-corrected chi connectivity index (χ1v) is 5.66. The van der Waals surface area contributed by atoms with Crippen LogP contribution in [0, 0.1) is 0 Å². The Hall–Kier alpha value is 0.434. The third kappa shape index (κ3) is 6.43. The van der Waals surface area contributed by atoms with Crippen molar-refractivity contribution in [2.24, 2.45) is 0 Å². The Morgan fingerprint density at radius 2 is 1.43 bits per heavy atom. The molecule has 0 saturated heterocycles. The Morgan fingerprint density at radius 3 is 1.71 bits per heavy atom. The van der Waals surface area contributed by atoms with E-state index in [9.17, 15) is 0 Å². The summed E-state index contributed by atoms with van der Waals surface area (Å²) in [5, 5.41) is 0. The molecule has 0 aromatic rings. The molecule has 0 nitrogen and oxygen atoms in total. The summed E-state index contributed by atoms with van der Waals surface area (Å²) in [6, 6.07) is 2.79. The molecule has 0 aromatic heterocycles. The second-order valence-corrected chi connectivity index (χ2v) is 5.21. The van der Waals surface area contributed by atoms with Gasteiger partial charge in [0.1, 0.15) is 0 Å². The molecule has 0 N–H and O–H groups in total. The quantitative estimate of drug-likeness (QED) is 0.399. The van der Waals surface area contributed by atoms with Gasteiger partial charge in [-0.2, -0.15) is 0 Å². The van der Waals surface area contributed by atoms with Gasteiger partial charge in [0.2, 0.25) is 0 Å². The number of rotatable bonds is 4. The van der Waals surface area contributed by atoms with Crippen molar-refractivity contribution in [3.05, 3.63) is 0 Å². The van der Waals surface area contributed by atoms with Gasteiger partial charge in [-0.15, -0.1) is 0 Å². The highest BCUT2D eigenvalue weighted by molar-refractivity contribution is 6.55. The Labute approximate surface area is 51.3 Å². The van der Waals surface area contributed by atoms with Crippen LogP contribution in [-0.2, 0) is 0 Å². The highest BCUT2D eigenvalue weighted by Gasteiger charge is 1.83. The summed E-state index contributed by atoms with van der Waals surface area (Å²) in [5.74, 6) is 0. The summed E-state index contributed by atoms with van der Waals surface area (Å²) in [7, 11) is 2.47. The summed E-state index contributed by atoms with van der Waals surface area (Å²) in [6.45, 7) is 4.52. The monoisotopic (exact) mass is 128 g/mol. The van der Waals surface area contributed by atoms with Crippen LogP contribution in [0.25, 0.3) is 0 Å². The van der Waals surface area contributed by atoms with Crippen LogP contribution < -0.4 is 0 Å². The first-order chi connectivity index (χ1) is 3.41. The second kappa shape index (κ2) is 6.43. The molecule has 7 heavy (non-hydrogen) atoms. The minimum Gasteiger partial charge on any atom is -0.0691 e. The van der Waals surface area contributed by atoms with Crippen LogP contribution in [0.15, 0.2) is 0 Å². The molecular formula is C5H12Si2. The van der Waals surface area contributed by atoms with E-state index in [2.05, 4.69) is 13.8 Å². The maximum absolute atomic E-state index is 2.26. The van der Waals surface area contributed by atoms with Gasteiger partial charge in [-0.25, -0.2) is 0 Å². The molecule has 0 fully saturated rings. The van der Waals surface area contributed by atoms with E-state index in [0.717, 1.165) is 0 Å². The van der Waals surface area contributed by atoms with Crippen LogP contribution in [0.4, 0.5) is 0 Å². The van der Waals surface area contributed by atoms with Crippen molar-refractivity contribution in [1.82, 2.24) is 0 Å². The van der Waals surface area contributed by atoms with E-state index >= 15 is 0 Å². The zero-order chi connectivity index (χ0) is 5.54. The smallest absolute Gasteiger partial charge is 0.0340 e. The summed E-state index contributed by atoms with van der Waals surface area (Å²) < 4.78 is 0. The SMILES string of the molecule is CC[Si]C[Si]CC. The highest BCUT2D eigenvalue weighted by Crippen LogP contribution is 1.84. The summed E-state index contributed by atoms with van der Waals surface area (Å²) >= 11 is 0. The number of hydrogen-bond acceptors (Lipinski definition) is 0. The third-order valence-corrected chi connectivity index (χ3v) is 3.75. The van der Waals surface area contributed by atoms with Gasteiger partial charge in [-0.3, -0.25) is 0 Å². The van der Waals surface area contributed by atoms with Gasteiger partial charge in [0.05, 0.1) is 0 Å². The van der Waals surface area contributed by atoms with E-state index in [1.54, 1.807) is 0 Å². The standard InChI is InChI=1S/C5H12Si2/c1-3-6-5-7-4-2/h3-5H2,1-2H3. The Kier molecular flexibility index (Phi) is 6.83. The van der Waals surface area contributed by atoms with Gasteiger partial charge < -0.3 is 0 Å². The van der Waals surface area contributed by atoms with E-state index in [-0.39, 0.29) is 0 Å². The van der Waals surface area contributed by atoms with E-state index in [4.69, 9.17) is 0 Å². The molecule has 0 aliphatic carbocycles. The molecule has 0 aliphatic heterocycles. The fourth-order valence-electron chi connectivity index (χ4n) is 0.338. The predicted molar refractivity (Wildman–Crippen MR) is 37.3 cm³/mol. The normalized spacial score (nSPS) is 9.43. The van der Waals surface area contributed by atoms with E-state index in [1.165, 1.54) is 36.8 Å². The predicted octanol–water partition coefficient (Wildman–Crippen LogP) is 1.65. The van der Waals surface area contributed by atoms with Crippen LogP contribution in [0.2, 0.25) is 17.8 Å². The fourth-order valence-corrected chi connectivity index (χ4v) is 3.05. The zero-order valence-electron chi connectivity index (χ0n) is 5.12. The molecule has 40 valence electrons. The molecule has 0 unspecified atom stereocenters. The molecule has 0 aromatic carbocycles. The van der Waals surface area contributed by atoms with Gasteiger partial charge in [0.25, 0.3) is 0 Å². The molecule has 0 bridgehead atoms. The van der Waals surface area contributed by atoms with E-state index in [0.29, 0.717) is 0 Å².